The van der Waals surface area contributed by atoms with E-state index in [-0.39, 0.29) is 24.7 Å². The molecule has 8 heteroatoms. The summed E-state index contributed by atoms with van der Waals surface area (Å²) in [6.07, 6.45) is 1.00. The van der Waals surface area contributed by atoms with Crippen LogP contribution in [0.15, 0.2) is 54.6 Å². The minimum atomic E-state index is -0.655. The zero-order valence-corrected chi connectivity index (χ0v) is 22.5. The number of fused-ring (bicyclic) bond motifs is 1. The molecular formula is C30H36N2O6. The average Bonchev–Trinajstić information content (AvgIpc) is 3.51. The molecule has 0 bridgehead atoms. The zero-order valence-electron chi connectivity index (χ0n) is 22.5. The van der Waals surface area contributed by atoms with E-state index in [4.69, 9.17) is 14.2 Å². The van der Waals surface area contributed by atoms with Crippen LogP contribution < -0.4 is 0 Å². The molecule has 2 heterocycles. The van der Waals surface area contributed by atoms with Crippen molar-refractivity contribution in [2.75, 3.05) is 26.9 Å². The summed E-state index contributed by atoms with van der Waals surface area (Å²) >= 11 is 0. The van der Waals surface area contributed by atoms with Gasteiger partial charge in [0.25, 0.3) is 0 Å². The van der Waals surface area contributed by atoms with Crippen LogP contribution in [0.3, 0.4) is 0 Å². The van der Waals surface area contributed by atoms with E-state index < -0.39 is 23.7 Å². The molecule has 0 unspecified atom stereocenters. The van der Waals surface area contributed by atoms with Gasteiger partial charge in [-0.05, 0) is 56.5 Å². The Morgan fingerprint density at radius 2 is 1.79 bits per heavy atom. The number of nitrogens with zero attached hydrogens (tertiary/aromatic N) is 1. The van der Waals surface area contributed by atoms with Crippen LogP contribution in [-0.4, -0.2) is 66.2 Å². The van der Waals surface area contributed by atoms with Crippen molar-refractivity contribution in [1.82, 2.24) is 9.88 Å². The van der Waals surface area contributed by atoms with E-state index in [0.29, 0.717) is 31.7 Å². The molecule has 0 saturated carbocycles. The smallest absolute Gasteiger partial charge is 0.410 e. The average molecular weight is 521 g/mol. The van der Waals surface area contributed by atoms with Gasteiger partial charge < -0.3 is 19.2 Å². The van der Waals surface area contributed by atoms with E-state index in [1.165, 1.54) is 0 Å². The SMILES string of the molecule is COCCCOC(=O)c1cc2cc(CC(=O)[C@@H]3[C@@H](c4ccccc4)CCN3C(=O)OC(C)(C)C)ccc2[nH]1. The molecule has 0 spiro atoms. The third kappa shape index (κ3) is 6.61. The number of H-pyrrole nitrogens is 1. The Hall–Kier alpha value is -3.65. The van der Waals surface area contributed by atoms with Crippen LogP contribution in [0, 0.1) is 0 Å². The third-order valence-electron chi connectivity index (χ3n) is 6.59. The molecule has 1 saturated heterocycles. The summed E-state index contributed by atoms with van der Waals surface area (Å²) in [5.41, 5.74) is 2.33. The summed E-state index contributed by atoms with van der Waals surface area (Å²) in [4.78, 5) is 43.9. The van der Waals surface area contributed by atoms with E-state index >= 15 is 0 Å². The zero-order chi connectivity index (χ0) is 27.3. The van der Waals surface area contributed by atoms with Crippen molar-refractivity contribution in [2.24, 2.45) is 0 Å². The number of methoxy groups -OCH3 is 1. The molecule has 202 valence electrons. The minimum absolute atomic E-state index is 0.0464. The highest BCUT2D eigenvalue weighted by molar-refractivity contribution is 5.96. The van der Waals surface area contributed by atoms with Crippen LogP contribution in [0.1, 0.15) is 61.1 Å². The lowest BCUT2D eigenvalue weighted by atomic mass is 9.87. The number of hydrogen-bond donors (Lipinski definition) is 1. The topological polar surface area (TPSA) is 97.9 Å². The van der Waals surface area contributed by atoms with Gasteiger partial charge in [0.1, 0.15) is 17.3 Å². The summed E-state index contributed by atoms with van der Waals surface area (Å²) in [5.74, 6) is -0.582. The Kier molecular flexibility index (Phi) is 8.52. The van der Waals surface area contributed by atoms with E-state index in [1.54, 1.807) is 18.1 Å². The van der Waals surface area contributed by atoms with E-state index in [1.807, 2.05) is 69.3 Å². The quantitative estimate of drug-likeness (QED) is 0.305. The first-order valence-electron chi connectivity index (χ1n) is 13.0. The highest BCUT2D eigenvalue weighted by atomic mass is 16.6. The molecule has 1 aliphatic heterocycles. The first-order valence-corrected chi connectivity index (χ1v) is 13.0. The number of ether oxygens (including phenoxy) is 3. The molecule has 1 amide bonds. The highest BCUT2D eigenvalue weighted by Crippen LogP contribution is 2.36. The lowest BCUT2D eigenvalue weighted by Gasteiger charge is -2.30. The normalized spacial score (nSPS) is 17.5. The molecule has 1 N–H and O–H groups in total. The summed E-state index contributed by atoms with van der Waals surface area (Å²) in [5, 5.41) is 0.814. The number of carbonyl (C=O) groups is 3. The standard InChI is InChI=1S/C30H36N2O6/c1-30(2,3)38-29(35)32-14-13-23(21-9-6-5-7-10-21)27(32)26(33)18-20-11-12-24-22(17-20)19-25(31-24)28(34)37-16-8-15-36-4/h5-7,9-12,17,19,23,27,31H,8,13-16,18H2,1-4H3/t23-,27+/m1/s1. The molecule has 4 rings (SSSR count). The number of esters is 1. The first-order chi connectivity index (χ1) is 18.2. The maximum Gasteiger partial charge on any atom is 0.410 e. The second-order valence-electron chi connectivity index (χ2n) is 10.7. The van der Waals surface area contributed by atoms with Crippen molar-refractivity contribution in [3.8, 4) is 0 Å². The Labute approximate surface area is 223 Å². The summed E-state index contributed by atoms with van der Waals surface area (Å²) in [7, 11) is 1.60. The van der Waals surface area contributed by atoms with Crippen molar-refractivity contribution in [1.29, 1.82) is 0 Å². The number of ketones is 1. The number of amides is 1. The molecule has 0 radical (unpaired) electrons. The van der Waals surface area contributed by atoms with Crippen LogP contribution in [0.5, 0.6) is 0 Å². The lowest BCUT2D eigenvalue weighted by Crippen LogP contribution is -2.45. The van der Waals surface area contributed by atoms with Crippen LogP contribution in [0.25, 0.3) is 10.9 Å². The number of carbonyl (C=O) groups excluding carboxylic acids is 3. The predicted molar refractivity (Wildman–Crippen MR) is 144 cm³/mol. The number of rotatable bonds is 9. The highest BCUT2D eigenvalue weighted by Gasteiger charge is 2.43. The molecule has 1 aliphatic rings. The van der Waals surface area contributed by atoms with Crippen LogP contribution in [0.4, 0.5) is 4.79 Å². The predicted octanol–water partition coefficient (Wildman–Crippen LogP) is 5.27. The number of Topliss-reactive ketones (excluding diaryl/α,β-unsaturated/α-hetero) is 1. The molecule has 1 fully saturated rings. The Balaban J connectivity index is 1.53. The second-order valence-corrected chi connectivity index (χ2v) is 10.7. The number of hydrogen-bond acceptors (Lipinski definition) is 6. The van der Waals surface area contributed by atoms with Gasteiger partial charge in [-0.1, -0.05) is 36.4 Å². The van der Waals surface area contributed by atoms with Gasteiger partial charge in [0.15, 0.2) is 5.78 Å². The number of nitrogens with one attached hydrogen (secondary N) is 1. The van der Waals surface area contributed by atoms with Crippen molar-refractivity contribution < 1.29 is 28.6 Å². The molecule has 3 aromatic rings. The first kappa shape index (κ1) is 27.4. The van der Waals surface area contributed by atoms with Gasteiger partial charge >= 0.3 is 12.1 Å². The van der Waals surface area contributed by atoms with Gasteiger partial charge in [-0.15, -0.1) is 0 Å². The van der Waals surface area contributed by atoms with E-state index in [0.717, 1.165) is 22.0 Å². The number of likely N-dealkylation sites (tertiary alicyclic amines) is 1. The van der Waals surface area contributed by atoms with Crippen LogP contribution >= 0.6 is 0 Å². The molecule has 1 aromatic heterocycles. The van der Waals surface area contributed by atoms with Gasteiger partial charge in [-0.25, -0.2) is 9.59 Å². The largest absolute Gasteiger partial charge is 0.461 e. The maximum absolute atomic E-state index is 13.8. The molecule has 38 heavy (non-hydrogen) atoms. The van der Waals surface area contributed by atoms with Gasteiger partial charge in [0, 0.05) is 49.9 Å². The van der Waals surface area contributed by atoms with Crippen molar-refractivity contribution in [3.63, 3.8) is 0 Å². The number of benzene rings is 2. The fraction of sp³-hybridized carbons (Fsp3) is 0.433. The van der Waals surface area contributed by atoms with Crippen molar-refractivity contribution in [3.05, 3.63) is 71.4 Å². The van der Waals surface area contributed by atoms with Gasteiger partial charge in [0.2, 0.25) is 0 Å². The number of aromatic nitrogens is 1. The van der Waals surface area contributed by atoms with E-state index in [9.17, 15) is 14.4 Å². The molecule has 2 atom stereocenters. The minimum Gasteiger partial charge on any atom is -0.461 e. The number of aromatic amines is 1. The lowest BCUT2D eigenvalue weighted by molar-refractivity contribution is -0.123. The summed E-state index contributed by atoms with van der Waals surface area (Å²) in [6, 6.07) is 16.6. The fourth-order valence-electron chi connectivity index (χ4n) is 4.92. The molecule has 0 aliphatic carbocycles. The summed E-state index contributed by atoms with van der Waals surface area (Å²) < 4.78 is 15.9. The van der Waals surface area contributed by atoms with Crippen LogP contribution in [0.2, 0.25) is 0 Å². The van der Waals surface area contributed by atoms with Crippen molar-refractivity contribution >= 4 is 28.7 Å². The third-order valence-corrected chi connectivity index (χ3v) is 6.59. The van der Waals surface area contributed by atoms with Gasteiger partial charge in [0.05, 0.1) is 6.61 Å². The Bertz CT molecular complexity index is 1280. The molecule has 2 aromatic carbocycles. The molecular weight excluding hydrogens is 484 g/mol. The second kappa shape index (κ2) is 11.8. The fourth-order valence-corrected chi connectivity index (χ4v) is 4.92. The van der Waals surface area contributed by atoms with E-state index in [2.05, 4.69) is 4.98 Å². The van der Waals surface area contributed by atoms with Gasteiger partial charge in [-0.3, -0.25) is 9.69 Å². The van der Waals surface area contributed by atoms with Gasteiger partial charge in [-0.2, -0.15) is 0 Å². The maximum atomic E-state index is 13.8. The van der Waals surface area contributed by atoms with Crippen LogP contribution in [-0.2, 0) is 25.4 Å². The van der Waals surface area contributed by atoms with Crippen molar-refractivity contribution in [2.45, 2.75) is 57.6 Å². The monoisotopic (exact) mass is 520 g/mol. The Morgan fingerprint density at radius 3 is 2.50 bits per heavy atom. The molecule has 8 nitrogen and oxygen atoms in total. The summed E-state index contributed by atoms with van der Waals surface area (Å²) in [6.45, 7) is 6.72. The Morgan fingerprint density at radius 1 is 1.03 bits per heavy atom.